The molecule has 0 aromatic heterocycles. The molecule has 0 unspecified atom stereocenters. The second kappa shape index (κ2) is 6.80. The number of benzene rings is 1. The smallest absolute Gasteiger partial charge is 0.417 e. The monoisotopic (exact) mass is 323 g/mol. The number of carbonyl (C=O) groups is 2. The minimum atomic E-state index is -4.63. The Morgan fingerprint density at radius 2 is 2.00 bits per heavy atom. The first-order chi connectivity index (χ1) is 9.65. The highest BCUT2D eigenvalue weighted by molar-refractivity contribution is 6.31. The Kier molecular flexibility index (Phi) is 5.60. The van der Waals surface area contributed by atoms with E-state index in [1.807, 2.05) is 0 Å². The molecule has 0 heterocycles. The van der Waals surface area contributed by atoms with Crippen LogP contribution in [0.1, 0.15) is 25.3 Å². The molecular formula is C13H13ClF3NO3. The van der Waals surface area contributed by atoms with E-state index in [9.17, 15) is 22.8 Å². The zero-order chi connectivity index (χ0) is 16.2. The van der Waals surface area contributed by atoms with E-state index < -0.39 is 34.6 Å². The predicted octanol–water partition coefficient (Wildman–Crippen LogP) is 3.80. The number of carboxylic acids is 1. The molecule has 0 bridgehead atoms. The van der Waals surface area contributed by atoms with E-state index in [1.54, 1.807) is 6.92 Å². The first kappa shape index (κ1) is 17.3. The lowest BCUT2D eigenvalue weighted by Gasteiger charge is -2.13. The molecule has 0 saturated heterocycles. The van der Waals surface area contributed by atoms with E-state index in [0.717, 1.165) is 6.07 Å². The van der Waals surface area contributed by atoms with E-state index >= 15 is 0 Å². The molecular weight excluding hydrogens is 311 g/mol. The number of halogens is 4. The Balaban J connectivity index is 2.84. The Morgan fingerprint density at radius 1 is 1.38 bits per heavy atom. The summed E-state index contributed by atoms with van der Waals surface area (Å²) in [6.45, 7) is 1.61. The van der Waals surface area contributed by atoms with Gasteiger partial charge in [-0.15, -0.1) is 0 Å². The number of carboxylic acid groups (broad SMARTS) is 1. The van der Waals surface area contributed by atoms with Crippen LogP contribution in [0.25, 0.3) is 0 Å². The van der Waals surface area contributed by atoms with Crippen molar-refractivity contribution in [1.82, 2.24) is 0 Å². The molecule has 0 aliphatic heterocycles. The average Bonchev–Trinajstić information content (AvgIpc) is 2.36. The van der Waals surface area contributed by atoms with Crippen molar-refractivity contribution in [2.45, 2.75) is 25.9 Å². The molecule has 21 heavy (non-hydrogen) atoms. The molecule has 0 fully saturated rings. The molecule has 116 valence electrons. The number of rotatable bonds is 5. The first-order valence-electron chi connectivity index (χ1n) is 6.04. The maximum absolute atomic E-state index is 12.7. The van der Waals surface area contributed by atoms with E-state index in [0.29, 0.717) is 6.07 Å². The summed E-state index contributed by atoms with van der Waals surface area (Å²) in [5, 5.41) is 10.6. The molecule has 0 aliphatic rings. The third-order valence-corrected chi connectivity index (χ3v) is 3.16. The van der Waals surface area contributed by atoms with Crippen LogP contribution in [0.4, 0.5) is 18.9 Å². The summed E-state index contributed by atoms with van der Waals surface area (Å²) in [4.78, 5) is 22.4. The standard InChI is InChI=1S/C13H13ClF3NO3/c1-2-7(12(20)21)5-11(19)18-8-3-4-10(14)9(6-8)13(15,16)17/h3-4,6-7H,2,5H2,1H3,(H,18,19)(H,20,21)/t7-/m1/s1. The molecule has 1 amide bonds. The van der Waals surface area contributed by atoms with Crippen LogP contribution < -0.4 is 5.32 Å². The molecule has 0 radical (unpaired) electrons. The van der Waals surface area contributed by atoms with Crippen LogP contribution in [-0.2, 0) is 15.8 Å². The topological polar surface area (TPSA) is 66.4 Å². The van der Waals surface area contributed by atoms with Crippen molar-refractivity contribution < 1.29 is 27.9 Å². The zero-order valence-corrected chi connectivity index (χ0v) is 11.8. The van der Waals surface area contributed by atoms with Crippen molar-refractivity contribution >= 4 is 29.2 Å². The van der Waals surface area contributed by atoms with Crippen LogP contribution in [0.3, 0.4) is 0 Å². The fraction of sp³-hybridized carbons (Fsp3) is 0.385. The van der Waals surface area contributed by atoms with Crippen molar-refractivity contribution in [2.24, 2.45) is 5.92 Å². The Hall–Kier alpha value is -1.76. The van der Waals surface area contributed by atoms with E-state index in [2.05, 4.69) is 5.32 Å². The number of amides is 1. The van der Waals surface area contributed by atoms with Crippen molar-refractivity contribution in [3.8, 4) is 0 Å². The Morgan fingerprint density at radius 3 is 2.48 bits per heavy atom. The molecule has 0 saturated carbocycles. The third-order valence-electron chi connectivity index (χ3n) is 2.83. The lowest BCUT2D eigenvalue weighted by molar-refractivity contribution is -0.143. The van der Waals surface area contributed by atoms with Gasteiger partial charge in [-0.2, -0.15) is 13.2 Å². The number of carbonyl (C=O) groups excluding carboxylic acids is 1. The van der Waals surface area contributed by atoms with Gasteiger partial charge < -0.3 is 10.4 Å². The van der Waals surface area contributed by atoms with Gasteiger partial charge in [-0.05, 0) is 24.6 Å². The predicted molar refractivity (Wildman–Crippen MR) is 71.1 cm³/mol. The van der Waals surface area contributed by atoms with Crippen molar-refractivity contribution in [3.63, 3.8) is 0 Å². The van der Waals surface area contributed by atoms with Gasteiger partial charge in [0.25, 0.3) is 0 Å². The van der Waals surface area contributed by atoms with Crippen molar-refractivity contribution in [2.75, 3.05) is 5.32 Å². The zero-order valence-electron chi connectivity index (χ0n) is 11.0. The highest BCUT2D eigenvalue weighted by Gasteiger charge is 2.33. The van der Waals surface area contributed by atoms with Gasteiger partial charge >= 0.3 is 12.1 Å². The quantitative estimate of drug-likeness (QED) is 0.866. The normalized spacial score (nSPS) is 12.8. The molecule has 1 atom stereocenters. The van der Waals surface area contributed by atoms with Crippen LogP contribution >= 0.6 is 11.6 Å². The van der Waals surface area contributed by atoms with Crippen molar-refractivity contribution in [1.29, 1.82) is 0 Å². The van der Waals surface area contributed by atoms with Crippen molar-refractivity contribution in [3.05, 3.63) is 28.8 Å². The van der Waals surface area contributed by atoms with Crippen LogP contribution in [0.15, 0.2) is 18.2 Å². The molecule has 1 rings (SSSR count). The van der Waals surface area contributed by atoms with Gasteiger partial charge in [0.05, 0.1) is 16.5 Å². The molecule has 0 spiro atoms. The molecule has 8 heteroatoms. The summed E-state index contributed by atoms with van der Waals surface area (Å²) in [6, 6.07) is 2.95. The highest BCUT2D eigenvalue weighted by atomic mass is 35.5. The molecule has 1 aromatic carbocycles. The van der Waals surface area contributed by atoms with Crippen LogP contribution in [0.5, 0.6) is 0 Å². The van der Waals surface area contributed by atoms with Crippen LogP contribution in [0, 0.1) is 5.92 Å². The van der Waals surface area contributed by atoms with Gasteiger partial charge in [-0.25, -0.2) is 0 Å². The fourth-order valence-corrected chi connectivity index (χ4v) is 1.89. The number of aliphatic carboxylic acids is 1. The van der Waals surface area contributed by atoms with Gasteiger partial charge in [0, 0.05) is 12.1 Å². The summed E-state index contributed by atoms with van der Waals surface area (Å²) >= 11 is 5.46. The summed E-state index contributed by atoms with van der Waals surface area (Å²) < 4.78 is 38.0. The molecule has 0 aliphatic carbocycles. The molecule has 1 aromatic rings. The third kappa shape index (κ3) is 4.93. The van der Waals surface area contributed by atoms with Gasteiger partial charge in [-0.1, -0.05) is 18.5 Å². The maximum Gasteiger partial charge on any atom is 0.417 e. The van der Waals surface area contributed by atoms with Gasteiger partial charge in [0.1, 0.15) is 0 Å². The number of hydrogen-bond donors (Lipinski definition) is 2. The van der Waals surface area contributed by atoms with E-state index in [1.165, 1.54) is 6.07 Å². The number of nitrogens with one attached hydrogen (secondary N) is 1. The van der Waals surface area contributed by atoms with Crippen LogP contribution in [-0.4, -0.2) is 17.0 Å². The number of hydrogen-bond acceptors (Lipinski definition) is 2. The minimum absolute atomic E-state index is 0.0861. The van der Waals surface area contributed by atoms with E-state index in [4.69, 9.17) is 16.7 Å². The minimum Gasteiger partial charge on any atom is -0.481 e. The summed E-state index contributed by atoms with van der Waals surface area (Å²) in [5.74, 6) is -2.67. The van der Waals surface area contributed by atoms with Gasteiger partial charge in [-0.3, -0.25) is 9.59 Å². The molecule has 2 N–H and O–H groups in total. The SMILES string of the molecule is CC[C@H](CC(=O)Nc1ccc(Cl)c(C(F)(F)F)c1)C(=O)O. The Bertz CT molecular complexity index is 546. The fourth-order valence-electron chi connectivity index (χ4n) is 1.66. The average molecular weight is 324 g/mol. The maximum atomic E-state index is 12.7. The number of anilines is 1. The lowest BCUT2D eigenvalue weighted by atomic mass is 10.0. The highest BCUT2D eigenvalue weighted by Crippen LogP contribution is 2.36. The molecule has 4 nitrogen and oxygen atoms in total. The Labute approximate surface area is 123 Å². The second-order valence-corrected chi connectivity index (χ2v) is 4.80. The summed E-state index contributed by atoms with van der Waals surface area (Å²) in [7, 11) is 0. The summed E-state index contributed by atoms with van der Waals surface area (Å²) in [5.41, 5.74) is -1.15. The van der Waals surface area contributed by atoms with Crippen LogP contribution in [0.2, 0.25) is 5.02 Å². The largest absolute Gasteiger partial charge is 0.481 e. The lowest BCUT2D eigenvalue weighted by Crippen LogP contribution is -2.22. The second-order valence-electron chi connectivity index (χ2n) is 4.39. The first-order valence-corrected chi connectivity index (χ1v) is 6.42. The van der Waals surface area contributed by atoms with Gasteiger partial charge in [0.15, 0.2) is 0 Å². The number of alkyl halides is 3. The summed E-state index contributed by atoms with van der Waals surface area (Å²) in [6.07, 6.45) is -4.70. The van der Waals surface area contributed by atoms with E-state index in [-0.39, 0.29) is 18.5 Å². The van der Waals surface area contributed by atoms with Gasteiger partial charge in [0.2, 0.25) is 5.91 Å².